The minimum Gasteiger partial charge on any atom is -0.338 e. The van der Waals surface area contributed by atoms with Crippen LogP contribution in [0.1, 0.15) is 26.1 Å². The van der Waals surface area contributed by atoms with E-state index < -0.39 is 0 Å². The zero-order valence-electron chi connectivity index (χ0n) is 12.8. The predicted octanol–water partition coefficient (Wildman–Crippen LogP) is 1.98. The predicted molar refractivity (Wildman–Crippen MR) is 85.5 cm³/mol. The highest BCUT2D eigenvalue weighted by molar-refractivity contribution is 8.00. The number of carbonyl (C=O) groups is 1. The van der Waals surface area contributed by atoms with Crippen LogP contribution in [-0.4, -0.2) is 50.6 Å². The standard InChI is InChI=1S/C15H24N4OS/c1-15(2)11-19(7-8-21-15)14(20)17-9-12-3-4-13-16-5-6-18(13)10-12/h5-6,12H,3-4,7-11H2,1-2H3,(H,17,20)/t12-/m0/s1. The van der Waals surface area contributed by atoms with E-state index in [1.807, 2.05) is 29.1 Å². The fourth-order valence-corrected chi connectivity index (χ4v) is 4.25. The molecule has 2 aliphatic rings. The second-order valence-corrected chi connectivity index (χ2v) is 8.42. The number of aryl methyl sites for hydroxylation is 1. The number of carbonyl (C=O) groups excluding carboxylic acids is 1. The number of nitrogens with zero attached hydrogens (tertiary/aromatic N) is 3. The van der Waals surface area contributed by atoms with Gasteiger partial charge in [-0.15, -0.1) is 0 Å². The molecule has 5 nitrogen and oxygen atoms in total. The lowest BCUT2D eigenvalue weighted by atomic mass is 9.99. The first-order valence-electron chi connectivity index (χ1n) is 7.70. The van der Waals surface area contributed by atoms with Crippen LogP contribution in [0.4, 0.5) is 4.79 Å². The Morgan fingerprint density at radius 2 is 2.43 bits per heavy atom. The van der Waals surface area contributed by atoms with Gasteiger partial charge in [0.2, 0.25) is 0 Å². The molecule has 0 bridgehead atoms. The summed E-state index contributed by atoms with van der Waals surface area (Å²) in [6.07, 6.45) is 6.02. The third-order valence-corrected chi connectivity index (χ3v) is 5.58. The number of amides is 2. The van der Waals surface area contributed by atoms with Crippen LogP contribution >= 0.6 is 11.8 Å². The van der Waals surface area contributed by atoms with Crippen molar-refractivity contribution >= 4 is 17.8 Å². The zero-order valence-corrected chi connectivity index (χ0v) is 13.7. The summed E-state index contributed by atoms with van der Waals surface area (Å²) in [6, 6.07) is 0.0970. The maximum absolute atomic E-state index is 12.3. The maximum atomic E-state index is 12.3. The first kappa shape index (κ1) is 14.8. The molecule has 1 saturated heterocycles. The van der Waals surface area contributed by atoms with Gasteiger partial charge in [0.05, 0.1) is 0 Å². The summed E-state index contributed by atoms with van der Waals surface area (Å²) in [6.45, 7) is 7.84. The highest BCUT2D eigenvalue weighted by atomic mass is 32.2. The molecule has 1 aromatic heterocycles. The Kier molecular flexibility index (Phi) is 4.15. The van der Waals surface area contributed by atoms with Crippen LogP contribution in [0, 0.1) is 5.92 Å². The van der Waals surface area contributed by atoms with Gasteiger partial charge in [-0.2, -0.15) is 11.8 Å². The molecule has 0 aliphatic carbocycles. The van der Waals surface area contributed by atoms with Crippen LogP contribution in [0.25, 0.3) is 0 Å². The highest BCUT2D eigenvalue weighted by Crippen LogP contribution is 2.29. The van der Waals surface area contributed by atoms with E-state index in [0.717, 1.165) is 44.8 Å². The van der Waals surface area contributed by atoms with Crippen LogP contribution in [0.5, 0.6) is 0 Å². The molecule has 2 aliphatic heterocycles. The Morgan fingerprint density at radius 1 is 1.57 bits per heavy atom. The van der Waals surface area contributed by atoms with E-state index in [9.17, 15) is 4.79 Å². The van der Waals surface area contributed by atoms with Crippen molar-refractivity contribution in [3.8, 4) is 0 Å². The Labute approximate surface area is 130 Å². The fourth-order valence-electron chi connectivity index (χ4n) is 3.14. The van der Waals surface area contributed by atoms with Crippen LogP contribution < -0.4 is 5.32 Å². The van der Waals surface area contributed by atoms with E-state index in [0.29, 0.717) is 5.92 Å². The summed E-state index contributed by atoms with van der Waals surface area (Å²) in [7, 11) is 0. The summed E-state index contributed by atoms with van der Waals surface area (Å²) in [5.41, 5.74) is 0. The molecule has 0 spiro atoms. The molecule has 3 heterocycles. The Balaban J connectivity index is 1.48. The van der Waals surface area contributed by atoms with Gasteiger partial charge in [-0.3, -0.25) is 0 Å². The Bertz CT molecular complexity index is 514. The first-order chi connectivity index (χ1) is 10.0. The van der Waals surface area contributed by atoms with Gasteiger partial charge in [-0.25, -0.2) is 9.78 Å². The smallest absolute Gasteiger partial charge is 0.317 e. The summed E-state index contributed by atoms with van der Waals surface area (Å²) >= 11 is 1.95. The minimum absolute atomic E-state index is 0.0970. The second kappa shape index (κ2) is 5.91. The van der Waals surface area contributed by atoms with Gasteiger partial charge in [-0.1, -0.05) is 0 Å². The maximum Gasteiger partial charge on any atom is 0.317 e. The molecule has 2 amide bonds. The highest BCUT2D eigenvalue weighted by Gasteiger charge is 2.30. The van der Waals surface area contributed by atoms with Crippen molar-refractivity contribution in [2.24, 2.45) is 5.92 Å². The van der Waals surface area contributed by atoms with Crippen LogP contribution in [0.15, 0.2) is 12.4 Å². The molecule has 21 heavy (non-hydrogen) atoms. The van der Waals surface area contributed by atoms with Crippen molar-refractivity contribution in [1.82, 2.24) is 19.8 Å². The fraction of sp³-hybridized carbons (Fsp3) is 0.733. The van der Waals surface area contributed by atoms with E-state index in [2.05, 4.69) is 28.7 Å². The lowest BCUT2D eigenvalue weighted by molar-refractivity contribution is 0.191. The quantitative estimate of drug-likeness (QED) is 0.909. The molecule has 0 aromatic carbocycles. The van der Waals surface area contributed by atoms with Crippen LogP contribution in [0.3, 0.4) is 0 Å². The van der Waals surface area contributed by atoms with Gasteiger partial charge in [0.1, 0.15) is 5.82 Å². The van der Waals surface area contributed by atoms with E-state index >= 15 is 0 Å². The topological polar surface area (TPSA) is 50.2 Å². The Hall–Kier alpha value is -1.17. The molecule has 0 saturated carbocycles. The molecular weight excluding hydrogens is 284 g/mol. The molecule has 1 N–H and O–H groups in total. The van der Waals surface area contributed by atoms with Gasteiger partial charge in [-0.05, 0) is 26.2 Å². The van der Waals surface area contributed by atoms with Crippen molar-refractivity contribution in [2.75, 3.05) is 25.4 Å². The first-order valence-corrected chi connectivity index (χ1v) is 8.69. The molecule has 0 unspecified atom stereocenters. The number of rotatable bonds is 2. The SMILES string of the molecule is CC1(C)CN(C(=O)NC[C@@H]2CCc3nccn3C2)CCS1. The van der Waals surface area contributed by atoms with Gasteiger partial charge in [0, 0.05) is 55.5 Å². The number of fused-ring (bicyclic) bond motifs is 1. The number of hydrogen-bond donors (Lipinski definition) is 1. The number of urea groups is 1. The lowest BCUT2D eigenvalue weighted by Gasteiger charge is -2.37. The normalized spacial score (nSPS) is 24.5. The monoisotopic (exact) mass is 308 g/mol. The molecule has 1 atom stereocenters. The molecule has 116 valence electrons. The minimum atomic E-state index is 0.0970. The summed E-state index contributed by atoms with van der Waals surface area (Å²) in [5, 5.41) is 3.13. The van der Waals surface area contributed by atoms with Crippen molar-refractivity contribution in [3.63, 3.8) is 0 Å². The lowest BCUT2D eigenvalue weighted by Crippen LogP contribution is -2.51. The van der Waals surface area contributed by atoms with E-state index in [4.69, 9.17) is 0 Å². The van der Waals surface area contributed by atoms with Crippen LogP contribution in [-0.2, 0) is 13.0 Å². The number of thioether (sulfide) groups is 1. The average Bonchev–Trinajstić information content (AvgIpc) is 2.91. The number of hydrogen-bond acceptors (Lipinski definition) is 3. The molecule has 3 rings (SSSR count). The molecule has 0 radical (unpaired) electrons. The molecule has 1 aromatic rings. The van der Waals surface area contributed by atoms with E-state index in [1.54, 1.807) is 0 Å². The van der Waals surface area contributed by atoms with Gasteiger partial charge < -0.3 is 14.8 Å². The van der Waals surface area contributed by atoms with Gasteiger partial charge >= 0.3 is 6.03 Å². The average molecular weight is 308 g/mol. The van der Waals surface area contributed by atoms with Crippen molar-refractivity contribution in [3.05, 3.63) is 18.2 Å². The number of nitrogens with one attached hydrogen (secondary N) is 1. The molecule has 1 fully saturated rings. The van der Waals surface area contributed by atoms with Crippen molar-refractivity contribution in [1.29, 1.82) is 0 Å². The largest absolute Gasteiger partial charge is 0.338 e. The van der Waals surface area contributed by atoms with Crippen LogP contribution in [0.2, 0.25) is 0 Å². The second-order valence-electron chi connectivity index (χ2n) is 6.62. The third kappa shape index (κ3) is 3.54. The number of aromatic nitrogens is 2. The van der Waals surface area contributed by atoms with Crippen molar-refractivity contribution in [2.45, 2.75) is 38.0 Å². The third-order valence-electron chi connectivity index (χ3n) is 4.29. The van der Waals surface area contributed by atoms with Crippen molar-refractivity contribution < 1.29 is 4.79 Å². The van der Waals surface area contributed by atoms with Gasteiger partial charge in [0.25, 0.3) is 0 Å². The molecular formula is C15H24N4OS. The summed E-state index contributed by atoms with van der Waals surface area (Å²) < 4.78 is 2.38. The summed E-state index contributed by atoms with van der Waals surface area (Å²) in [5.74, 6) is 2.72. The molecule has 6 heteroatoms. The van der Waals surface area contributed by atoms with E-state index in [-0.39, 0.29) is 10.8 Å². The Morgan fingerprint density at radius 3 is 3.24 bits per heavy atom. The number of imidazole rings is 1. The summed E-state index contributed by atoms with van der Waals surface area (Å²) in [4.78, 5) is 18.6. The van der Waals surface area contributed by atoms with E-state index in [1.165, 1.54) is 5.82 Å². The zero-order chi connectivity index (χ0) is 14.9. The van der Waals surface area contributed by atoms with Gasteiger partial charge in [0.15, 0.2) is 0 Å².